The second-order valence-corrected chi connectivity index (χ2v) is 7.13. The number of piperidine rings is 1. The van der Waals surface area contributed by atoms with Crippen molar-refractivity contribution >= 4 is 0 Å². The molecule has 3 nitrogen and oxygen atoms in total. The quantitative estimate of drug-likeness (QED) is 0.846. The molecule has 0 aromatic heterocycles. The molecule has 3 aliphatic rings. The molecule has 4 unspecified atom stereocenters. The van der Waals surface area contributed by atoms with Gasteiger partial charge in [0.05, 0.1) is 0 Å². The van der Waals surface area contributed by atoms with Crippen molar-refractivity contribution in [2.75, 3.05) is 32.7 Å². The highest BCUT2D eigenvalue weighted by Crippen LogP contribution is 2.33. The van der Waals surface area contributed by atoms with Crippen LogP contribution in [-0.2, 0) is 0 Å². The predicted molar refractivity (Wildman–Crippen MR) is 80.1 cm³/mol. The predicted octanol–water partition coefficient (Wildman–Crippen LogP) is 1.92. The number of piperazine rings is 1. The van der Waals surface area contributed by atoms with Gasteiger partial charge in [0.1, 0.15) is 0 Å². The number of fused-ring (bicyclic) bond motifs is 1. The summed E-state index contributed by atoms with van der Waals surface area (Å²) in [6.07, 6.45) is 8.48. The Bertz CT molecular complexity index is 294. The summed E-state index contributed by atoms with van der Waals surface area (Å²) in [5, 5.41) is 0. The lowest BCUT2D eigenvalue weighted by molar-refractivity contribution is 0.00511. The van der Waals surface area contributed by atoms with E-state index in [1.165, 1.54) is 64.7 Å². The SMILES string of the molecule is CC1CN2CCCCC2CN1CC1CCCC1CN. The first-order valence-corrected chi connectivity index (χ1v) is 8.46. The van der Waals surface area contributed by atoms with Crippen LogP contribution >= 0.6 is 0 Å². The molecule has 19 heavy (non-hydrogen) atoms. The third kappa shape index (κ3) is 2.98. The van der Waals surface area contributed by atoms with E-state index in [-0.39, 0.29) is 0 Å². The molecular formula is C16H31N3. The van der Waals surface area contributed by atoms with Crippen LogP contribution in [0.2, 0.25) is 0 Å². The number of rotatable bonds is 3. The first kappa shape index (κ1) is 13.8. The van der Waals surface area contributed by atoms with Gasteiger partial charge in [0.2, 0.25) is 0 Å². The number of nitrogens with zero attached hydrogens (tertiary/aromatic N) is 2. The van der Waals surface area contributed by atoms with E-state index in [4.69, 9.17) is 5.73 Å². The molecule has 2 N–H and O–H groups in total. The standard InChI is InChI=1S/C16H31N3/c1-13-10-18-8-3-2-7-16(18)12-19(13)11-15-6-4-5-14(15)9-17/h13-16H,2-12,17H2,1H3. The van der Waals surface area contributed by atoms with Gasteiger partial charge in [-0.2, -0.15) is 0 Å². The lowest BCUT2D eigenvalue weighted by Gasteiger charge is -2.48. The van der Waals surface area contributed by atoms with E-state index < -0.39 is 0 Å². The molecule has 3 rings (SSSR count). The Hall–Kier alpha value is -0.120. The molecule has 0 aromatic rings. The summed E-state index contributed by atoms with van der Waals surface area (Å²) < 4.78 is 0. The van der Waals surface area contributed by atoms with E-state index in [9.17, 15) is 0 Å². The highest BCUT2D eigenvalue weighted by molar-refractivity contribution is 4.91. The Morgan fingerprint density at radius 3 is 2.68 bits per heavy atom. The van der Waals surface area contributed by atoms with E-state index in [0.717, 1.165) is 30.5 Å². The molecule has 2 saturated heterocycles. The fourth-order valence-electron chi connectivity index (χ4n) is 4.63. The Morgan fingerprint density at radius 2 is 1.84 bits per heavy atom. The highest BCUT2D eigenvalue weighted by atomic mass is 15.3. The maximum Gasteiger partial charge on any atom is 0.0223 e. The number of hydrogen-bond acceptors (Lipinski definition) is 3. The minimum absolute atomic E-state index is 0.744. The van der Waals surface area contributed by atoms with Crippen molar-refractivity contribution in [1.29, 1.82) is 0 Å². The zero-order valence-corrected chi connectivity index (χ0v) is 12.6. The van der Waals surface area contributed by atoms with Crippen LogP contribution in [-0.4, -0.2) is 54.6 Å². The van der Waals surface area contributed by atoms with Crippen molar-refractivity contribution in [1.82, 2.24) is 9.80 Å². The first-order chi connectivity index (χ1) is 9.28. The van der Waals surface area contributed by atoms with Crippen molar-refractivity contribution in [3.8, 4) is 0 Å². The van der Waals surface area contributed by atoms with Crippen LogP contribution in [0.5, 0.6) is 0 Å². The fourth-order valence-corrected chi connectivity index (χ4v) is 4.63. The van der Waals surface area contributed by atoms with Gasteiger partial charge >= 0.3 is 0 Å². The molecule has 0 bridgehead atoms. The van der Waals surface area contributed by atoms with Crippen LogP contribution in [0.1, 0.15) is 45.4 Å². The average Bonchev–Trinajstić information content (AvgIpc) is 2.87. The largest absolute Gasteiger partial charge is 0.330 e. The van der Waals surface area contributed by atoms with Gasteiger partial charge in [-0.3, -0.25) is 9.80 Å². The Kier molecular flexibility index (Phi) is 4.45. The first-order valence-electron chi connectivity index (χ1n) is 8.46. The summed E-state index contributed by atoms with van der Waals surface area (Å²) >= 11 is 0. The van der Waals surface area contributed by atoms with E-state index in [1.54, 1.807) is 0 Å². The molecular weight excluding hydrogens is 234 g/mol. The Balaban J connectivity index is 1.58. The summed E-state index contributed by atoms with van der Waals surface area (Å²) in [5.41, 5.74) is 5.94. The van der Waals surface area contributed by atoms with E-state index in [0.29, 0.717) is 0 Å². The second kappa shape index (κ2) is 6.11. The molecule has 2 aliphatic heterocycles. The molecule has 1 aliphatic carbocycles. The van der Waals surface area contributed by atoms with Gasteiger partial charge in [-0.1, -0.05) is 12.8 Å². The molecule has 2 heterocycles. The van der Waals surface area contributed by atoms with E-state index in [2.05, 4.69) is 16.7 Å². The molecule has 4 atom stereocenters. The zero-order valence-electron chi connectivity index (χ0n) is 12.6. The third-order valence-electron chi connectivity index (χ3n) is 5.90. The molecule has 0 spiro atoms. The summed E-state index contributed by atoms with van der Waals surface area (Å²) in [6.45, 7) is 8.60. The maximum absolute atomic E-state index is 5.94. The van der Waals surface area contributed by atoms with Crippen molar-refractivity contribution in [3.05, 3.63) is 0 Å². The number of nitrogens with two attached hydrogens (primary N) is 1. The minimum atomic E-state index is 0.744. The van der Waals surface area contributed by atoms with Crippen molar-refractivity contribution < 1.29 is 0 Å². The molecule has 3 fully saturated rings. The van der Waals surface area contributed by atoms with Gasteiger partial charge in [-0.25, -0.2) is 0 Å². The molecule has 0 aromatic carbocycles. The Labute approximate surface area is 118 Å². The molecule has 1 saturated carbocycles. The van der Waals surface area contributed by atoms with Gasteiger partial charge in [-0.05, 0) is 57.5 Å². The van der Waals surface area contributed by atoms with Gasteiger partial charge in [0.25, 0.3) is 0 Å². The van der Waals surface area contributed by atoms with Crippen molar-refractivity contribution in [2.45, 2.75) is 57.5 Å². The van der Waals surface area contributed by atoms with Gasteiger partial charge in [0, 0.05) is 31.7 Å². The molecule has 0 amide bonds. The van der Waals surface area contributed by atoms with Gasteiger partial charge in [0.15, 0.2) is 0 Å². The van der Waals surface area contributed by atoms with Crippen LogP contribution < -0.4 is 5.73 Å². The highest BCUT2D eigenvalue weighted by Gasteiger charge is 2.35. The summed E-state index contributed by atoms with van der Waals surface area (Å²) in [6, 6.07) is 1.59. The minimum Gasteiger partial charge on any atom is -0.330 e. The summed E-state index contributed by atoms with van der Waals surface area (Å²) in [7, 11) is 0. The molecule has 3 heteroatoms. The summed E-state index contributed by atoms with van der Waals surface area (Å²) in [5.74, 6) is 1.68. The van der Waals surface area contributed by atoms with Crippen LogP contribution in [0, 0.1) is 11.8 Å². The average molecular weight is 265 g/mol. The topological polar surface area (TPSA) is 32.5 Å². The van der Waals surface area contributed by atoms with Crippen molar-refractivity contribution in [3.63, 3.8) is 0 Å². The van der Waals surface area contributed by atoms with E-state index in [1.807, 2.05) is 0 Å². The maximum atomic E-state index is 5.94. The fraction of sp³-hybridized carbons (Fsp3) is 1.00. The van der Waals surface area contributed by atoms with Crippen molar-refractivity contribution in [2.24, 2.45) is 17.6 Å². The summed E-state index contributed by atoms with van der Waals surface area (Å²) in [4.78, 5) is 5.53. The second-order valence-electron chi connectivity index (χ2n) is 7.13. The smallest absolute Gasteiger partial charge is 0.0223 e. The van der Waals surface area contributed by atoms with E-state index >= 15 is 0 Å². The third-order valence-corrected chi connectivity index (χ3v) is 5.90. The van der Waals surface area contributed by atoms with Crippen LogP contribution in [0.3, 0.4) is 0 Å². The zero-order chi connectivity index (χ0) is 13.2. The van der Waals surface area contributed by atoms with Gasteiger partial charge < -0.3 is 5.73 Å². The normalized spacial score (nSPS) is 41.4. The Morgan fingerprint density at radius 1 is 1.00 bits per heavy atom. The van der Waals surface area contributed by atoms with Crippen LogP contribution in [0.4, 0.5) is 0 Å². The molecule has 0 radical (unpaired) electrons. The van der Waals surface area contributed by atoms with Gasteiger partial charge in [-0.15, -0.1) is 0 Å². The van der Waals surface area contributed by atoms with Crippen LogP contribution in [0.15, 0.2) is 0 Å². The lowest BCUT2D eigenvalue weighted by Crippen LogP contribution is -2.59. The lowest BCUT2D eigenvalue weighted by atomic mass is 9.92. The number of hydrogen-bond donors (Lipinski definition) is 1. The van der Waals surface area contributed by atoms with Crippen LogP contribution in [0.25, 0.3) is 0 Å². The molecule has 110 valence electrons. The monoisotopic (exact) mass is 265 g/mol.